The Labute approximate surface area is 191 Å². The quantitative estimate of drug-likeness (QED) is 0.462. The van der Waals surface area contributed by atoms with Crippen molar-refractivity contribution in [1.82, 2.24) is 24.4 Å². The molecule has 3 heterocycles. The van der Waals surface area contributed by atoms with Gasteiger partial charge in [-0.05, 0) is 30.3 Å². The zero-order chi connectivity index (χ0) is 22.9. The second-order valence-corrected chi connectivity index (χ2v) is 8.73. The largest absolute Gasteiger partial charge is 0.336 e. The molecule has 0 saturated carbocycles. The molecule has 0 aliphatic carbocycles. The summed E-state index contributed by atoms with van der Waals surface area (Å²) >= 11 is 1.22. The molecule has 0 bridgehead atoms. The zero-order valence-electron chi connectivity index (χ0n) is 17.4. The average molecular weight is 468 g/mol. The van der Waals surface area contributed by atoms with Crippen molar-refractivity contribution in [2.24, 2.45) is 0 Å². The normalized spacial score (nSPS) is 14.7. The predicted octanol–water partition coefficient (Wildman–Crippen LogP) is 3.05. The van der Waals surface area contributed by atoms with E-state index in [9.17, 15) is 18.4 Å². The first kappa shape index (κ1) is 21.4. The van der Waals surface area contributed by atoms with Gasteiger partial charge in [-0.3, -0.25) is 14.5 Å². The number of amides is 1. The summed E-state index contributed by atoms with van der Waals surface area (Å²) in [6.45, 7) is 2.68. The summed E-state index contributed by atoms with van der Waals surface area (Å²) in [5, 5.41) is 4.80. The van der Waals surface area contributed by atoms with Gasteiger partial charge < -0.3 is 4.90 Å². The molecule has 0 atom stereocenters. The second-order valence-electron chi connectivity index (χ2n) is 7.78. The summed E-state index contributed by atoms with van der Waals surface area (Å²) in [4.78, 5) is 34.0. The molecule has 2 aromatic carbocycles. The molecule has 1 saturated heterocycles. The molecule has 33 heavy (non-hydrogen) atoms. The molecule has 4 aromatic rings. The maximum absolute atomic E-state index is 13.5. The summed E-state index contributed by atoms with van der Waals surface area (Å²) in [7, 11) is 0. The van der Waals surface area contributed by atoms with Gasteiger partial charge in [-0.2, -0.15) is 9.61 Å². The molecule has 0 unspecified atom stereocenters. The molecular weight excluding hydrogens is 448 g/mol. The molecule has 7 nitrogen and oxygen atoms in total. The van der Waals surface area contributed by atoms with Gasteiger partial charge in [0.2, 0.25) is 4.96 Å². The highest BCUT2D eigenvalue weighted by Gasteiger charge is 2.23. The average Bonchev–Trinajstić information content (AvgIpc) is 3.24. The molecule has 10 heteroatoms. The Bertz CT molecular complexity index is 1400. The monoisotopic (exact) mass is 467 g/mol. The Morgan fingerprint density at radius 3 is 2.42 bits per heavy atom. The maximum Gasteiger partial charge on any atom is 0.275 e. The van der Waals surface area contributed by atoms with E-state index in [0.29, 0.717) is 59.5 Å². The van der Waals surface area contributed by atoms with Crippen molar-refractivity contribution in [1.29, 1.82) is 0 Å². The third-order valence-corrected chi connectivity index (χ3v) is 6.44. The van der Waals surface area contributed by atoms with Crippen molar-refractivity contribution in [3.63, 3.8) is 0 Å². The van der Waals surface area contributed by atoms with Crippen LogP contribution in [0.5, 0.6) is 0 Å². The number of aromatic nitrogens is 3. The van der Waals surface area contributed by atoms with Crippen molar-refractivity contribution in [2.45, 2.75) is 6.54 Å². The first-order valence-electron chi connectivity index (χ1n) is 10.4. The summed E-state index contributed by atoms with van der Waals surface area (Å²) in [5.74, 6) is -1.000. The summed E-state index contributed by atoms with van der Waals surface area (Å²) in [6.07, 6.45) is 0. The summed E-state index contributed by atoms with van der Waals surface area (Å²) in [6, 6.07) is 13.2. The molecule has 0 N–H and O–H groups in total. The van der Waals surface area contributed by atoms with E-state index in [4.69, 9.17) is 0 Å². The van der Waals surface area contributed by atoms with Crippen LogP contribution in [0.2, 0.25) is 0 Å². The number of fused-ring (bicyclic) bond motifs is 1. The Morgan fingerprint density at radius 2 is 1.70 bits per heavy atom. The van der Waals surface area contributed by atoms with Crippen LogP contribution in [0.3, 0.4) is 0 Å². The van der Waals surface area contributed by atoms with Gasteiger partial charge in [0.25, 0.3) is 11.5 Å². The fraction of sp³-hybridized carbons (Fsp3) is 0.217. The van der Waals surface area contributed by atoms with E-state index in [-0.39, 0.29) is 17.3 Å². The minimum atomic E-state index is -0.434. The Hall–Kier alpha value is -3.50. The third-order valence-electron chi connectivity index (χ3n) is 5.49. The highest BCUT2D eigenvalue weighted by atomic mass is 32.1. The minimum Gasteiger partial charge on any atom is -0.336 e. The zero-order valence-corrected chi connectivity index (χ0v) is 18.3. The van der Waals surface area contributed by atoms with Gasteiger partial charge in [0.05, 0.1) is 5.69 Å². The van der Waals surface area contributed by atoms with Crippen LogP contribution < -0.4 is 5.56 Å². The Balaban J connectivity index is 1.28. The Kier molecular flexibility index (Phi) is 5.69. The number of carbonyl (C=O) groups excluding carboxylic acids is 1. The number of piperazine rings is 1. The number of carbonyl (C=O) groups is 1. The predicted molar refractivity (Wildman–Crippen MR) is 120 cm³/mol. The second kappa shape index (κ2) is 8.80. The third kappa shape index (κ3) is 4.53. The molecule has 0 spiro atoms. The van der Waals surface area contributed by atoms with Crippen LogP contribution in [0.4, 0.5) is 8.78 Å². The van der Waals surface area contributed by atoms with Crippen LogP contribution in [0.1, 0.15) is 16.1 Å². The molecule has 1 fully saturated rings. The molecule has 5 rings (SSSR count). The highest BCUT2D eigenvalue weighted by Crippen LogP contribution is 2.25. The van der Waals surface area contributed by atoms with Crippen LogP contribution in [0.15, 0.2) is 59.4 Å². The van der Waals surface area contributed by atoms with Gasteiger partial charge in [-0.15, -0.1) is 0 Å². The standard InChI is InChI=1S/C23H19F2N5O2S/c24-17-5-1-3-15(11-17)21-27-30-20(31)13-19(26-23(30)33-21)14-28-7-9-29(10-8-28)22(32)16-4-2-6-18(25)12-16/h1-6,11-13H,7-10,14H2. The van der Waals surface area contributed by atoms with Crippen molar-refractivity contribution < 1.29 is 13.6 Å². The molecule has 168 valence electrons. The first-order valence-corrected chi connectivity index (χ1v) is 11.2. The molecular formula is C23H19F2N5O2S. The van der Waals surface area contributed by atoms with Crippen LogP contribution in [-0.4, -0.2) is 56.5 Å². The van der Waals surface area contributed by atoms with Gasteiger partial charge in [-0.1, -0.05) is 29.5 Å². The Morgan fingerprint density at radius 1 is 0.970 bits per heavy atom. The van der Waals surface area contributed by atoms with Gasteiger partial charge in [0, 0.05) is 49.9 Å². The van der Waals surface area contributed by atoms with Gasteiger partial charge in [0.1, 0.15) is 16.6 Å². The summed E-state index contributed by atoms with van der Waals surface area (Å²) < 4.78 is 28.2. The SMILES string of the molecule is O=C(c1cccc(F)c1)N1CCN(Cc2cc(=O)n3nc(-c4cccc(F)c4)sc3n2)CC1. The van der Waals surface area contributed by atoms with Crippen LogP contribution in [0.25, 0.3) is 15.5 Å². The molecule has 1 aliphatic rings. The fourth-order valence-electron chi connectivity index (χ4n) is 3.82. The van der Waals surface area contributed by atoms with E-state index >= 15 is 0 Å². The number of halogens is 2. The number of hydrogen-bond acceptors (Lipinski definition) is 6. The van der Waals surface area contributed by atoms with E-state index in [1.54, 1.807) is 23.1 Å². The van der Waals surface area contributed by atoms with Crippen molar-refractivity contribution in [3.05, 3.63) is 87.8 Å². The maximum atomic E-state index is 13.5. The van der Waals surface area contributed by atoms with E-state index in [2.05, 4.69) is 15.0 Å². The lowest BCUT2D eigenvalue weighted by Gasteiger charge is -2.34. The van der Waals surface area contributed by atoms with Gasteiger partial charge >= 0.3 is 0 Å². The molecule has 1 aliphatic heterocycles. The smallest absolute Gasteiger partial charge is 0.275 e. The molecule has 1 amide bonds. The lowest BCUT2D eigenvalue weighted by Crippen LogP contribution is -2.48. The van der Waals surface area contributed by atoms with Crippen LogP contribution in [-0.2, 0) is 6.54 Å². The number of benzene rings is 2. The van der Waals surface area contributed by atoms with E-state index < -0.39 is 5.82 Å². The van der Waals surface area contributed by atoms with Gasteiger partial charge in [0.15, 0.2) is 0 Å². The van der Waals surface area contributed by atoms with Crippen LogP contribution in [0, 0.1) is 11.6 Å². The molecule has 0 radical (unpaired) electrons. The number of hydrogen-bond donors (Lipinski definition) is 0. The number of rotatable bonds is 4. The van der Waals surface area contributed by atoms with E-state index in [1.807, 2.05) is 0 Å². The van der Waals surface area contributed by atoms with Crippen molar-refractivity contribution in [3.8, 4) is 10.6 Å². The number of nitrogens with zero attached hydrogens (tertiary/aromatic N) is 5. The van der Waals surface area contributed by atoms with E-state index in [0.717, 1.165) is 0 Å². The minimum absolute atomic E-state index is 0.193. The highest BCUT2D eigenvalue weighted by molar-refractivity contribution is 7.19. The van der Waals surface area contributed by atoms with Crippen molar-refractivity contribution in [2.75, 3.05) is 26.2 Å². The topological polar surface area (TPSA) is 70.8 Å². The molecule has 2 aromatic heterocycles. The first-order chi connectivity index (χ1) is 16.0. The lowest BCUT2D eigenvalue weighted by molar-refractivity contribution is 0.0626. The lowest BCUT2D eigenvalue weighted by atomic mass is 10.1. The van der Waals surface area contributed by atoms with E-state index in [1.165, 1.54) is 52.3 Å². The fourth-order valence-corrected chi connectivity index (χ4v) is 4.74. The summed E-state index contributed by atoms with van der Waals surface area (Å²) in [5.41, 5.74) is 1.24. The van der Waals surface area contributed by atoms with Crippen molar-refractivity contribution >= 4 is 22.2 Å². The van der Waals surface area contributed by atoms with Crippen LogP contribution >= 0.6 is 11.3 Å². The van der Waals surface area contributed by atoms with Gasteiger partial charge in [-0.25, -0.2) is 13.8 Å².